The predicted molar refractivity (Wildman–Crippen MR) is 144 cm³/mol. The lowest BCUT2D eigenvalue weighted by Crippen LogP contribution is -2.35. The Bertz CT molecular complexity index is 1530. The quantitative estimate of drug-likeness (QED) is 0.322. The van der Waals surface area contributed by atoms with Crippen molar-refractivity contribution in [3.8, 4) is 11.1 Å². The molecule has 1 fully saturated rings. The lowest BCUT2D eigenvalue weighted by molar-refractivity contribution is 0.251. The highest BCUT2D eigenvalue weighted by Crippen LogP contribution is 2.26. The van der Waals surface area contributed by atoms with Crippen molar-refractivity contribution in [2.75, 3.05) is 18.4 Å². The molecule has 4 aromatic rings. The fraction of sp³-hybridized carbons (Fsp3) is 0.207. The van der Waals surface area contributed by atoms with Crippen LogP contribution in [0.5, 0.6) is 0 Å². The Morgan fingerprint density at radius 1 is 0.811 bits per heavy atom. The Morgan fingerprint density at radius 3 is 2.24 bits per heavy atom. The zero-order valence-electron chi connectivity index (χ0n) is 20.3. The van der Waals surface area contributed by atoms with Crippen LogP contribution >= 0.6 is 0 Å². The SMILES string of the molecule is O=C(NCc1cc(-c2ccc3ccccc3c2)ccc1F)Nc1ccc(S(=O)(=O)N2CCCCC2)cc1. The molecule has 0 aromatic heterocycles. The van der Waals surface area contributed by atoms with Crippen LogP contribution in [0.1, 0.15) is 24.8 Å². The van der Waals surface area contributed by atoms with Gasteiger partial charge in [-0.3, -0.25) is 0 Å². The minimum Gasteiger partial charge on any atom is -0.334 e. The van der Waals surface area contributed by atoms with Gasteiger partial charge in [0, 0.05) is 30.9 Å². The first-order valence-electron chi connectivity index (χ1n) is 12.3. The van der Waals surface area contributed by atoms with Crippen molar-refractivity contribution < 1.29 is 17.6 Å². The second kappa shape index (κ2) is 10.7. The third-order valence-electron chi connectivity index (χ3n) is 6.63. The predicted octanol–water partition coefficient (Wildman–Crippen LogP) is 6.14. The summed E-state index contributed by atoms with van der Waals surface area (Å²) >= 11 is 0. The lowest BCUT2D eigenvalue weighted by atomic mass is 9.99. The molecule has 0 bridgehead atoms. The number of sulfonamides is 1. The van der Waals surface area contributed by atoms with Gasteiger partial charge >= 0.3 is 6.03 Å². The van der Waals surface area contributed by atoms with Gasteiger partial charge in [0.05, 0.1) is 4.90 Å². The standard InChI is InChI=1S/C29H28FN3O3S/c30-28-15-10-24(23-9-8-21-6-2-3-7-22(21)18-23)19-25(28)20-31-29(34)32-26-11-13-27(14-12-26)37(35,36)33-16-4-1-5-17-33/h2-3,6-15,18-19H,1,4-5,16-17,20H2,(H2,31,32,34). The normalized spacial score (nSPS) is 14.4. The van der Waals surface area contributed by atoms with Gasteiger partial charge in [-0.05, 0) is 77.2 Å². The van der Waals surface area contributed by atoms with E-state index in [1.54, 1.807) is 24.3 Å². The van der Waals surface area contributed by atoms with Gasteiger partial charge in [0.2, 0.25) is 10.0 Å². The van der Waals surface area contributed by atoms with Crippen LogP contribution in [0, 0.1) is 5.82 Å². The fourth-order valence-electron chi connectivity index (χ4n) is 4.57. The first kappa shape index (κ1) is 24.9. The number of benzene rings is 4. The minimum absolute atomic E-state index is 0.000507. The van der Waals surface area contributed by atoms with E-state index in [0.717, 1.165) is 41.2 Å². The largest absolute Gasteiger partial charge is 0.334 e. The van der Waals surface area contributed by atoms with Gasteiger partial charge in [-0.1, -0.05) is 48.9 Å². The van der Waals surface area contributed by atoms with E-state index in [-0.39, 0.29) is 11.4 Å². The van der Waals surface area contributed by atoms with Crippen molar-refractivity contribution >= 4 is 32.5 Å². The second-order valence-electron chi connectivity index (χ2n) is 9.16. The number of rotatable bonds is 6. The third-order valence-corrected chi connectivity index (χ3v) is 8.55. The van der Waals surface area contributed by atoms with Crippen molar-refractivity contribution in [3.63, 3.8) is 0 Å². The Morgan fingerprint density at radius 2 is 1.49 bits per heavy atom. The zero-order valence-corrected chi connectivity index (χ0v) is 21.1. The molecule has 1 aliphatic heterocycles. The van der Waals surface area contributed by atoms with Crippen LogP contribution in [0.15, 0.2) is 89.8 Å². The van der Waals surface area contributed by atoms with Crippen LogP contribution in [0.2, 0.25) is 0 Å². The number of carbonyl (C=O) groups is 1. The van der Waals surface area contributed by atoms with Crippen molar-refractivity contribution in [1.29, 1.82) is 0 Å². The van der Waals surface area contributed by atoms with E-state index < -0.39 is 21.9 Å². The van der Waals surface area contributed by atoms with Gasteiger partial charge in [0.15, 0.2) is 0 Å². The molecule has 0 saturated carbocycles. The fourth-order valence-corrected chi connectivity index (χ4v) is 6.09. The number of fused-ring (bicyclic) bond motifs is 1. The molecule has 2 N–H and O–H groups in total. The Balaban J connectivity index is 1.22. The van der Waals surface area contributed by atoms with E-state index in [2.05, 4.69) is 16.7 Å². The summed E-state index contributed by atoms with van der Waals surface area (Å²) in [6.07, 6.45) is 2.78. The zero-order chi connectivity index (χ0) is 25.8. The highest BCUT2D eigenvalue weighted by molar-refractivity contribution is 7.89. The summed E-state index contributed by atoms with van der Waals surface area (Å²) < 4.78 is 41.6. The van der Waals surface area contributed by atoms with Crippen LogP contribution in [0.3, 0.4) is 0 Å². The van der Waals surface area contributed by atoms with Crippen LogP contribution in [0.25, 0.3) is 21.9 Å². The molecule has 4 aromatic carbocycles. The molecule has 1 heterocycles. The molecule has 190 valence electrons. The number of amides is 2. The number of hydrogen-bond acceptors (Lipinski definition) is 3. The average Bonchev–Trinajstić information content (AvgIpc) is 2.93. The van der Waals surface area contributed by atoms with Crippen LogP contribution in [-0.2, 0) is 16.6 Å². The number of nitrogens with one attached hydrogen (secondary N) is 2. The summed E-state index contributed by atoms with van der Waals surface area (Å²) in [6.45, 7) is 1.06. The Labute approximate surface area is 216 Å². The second-order valence-corrected chi connectivity index (χ2v) is 11.1. The van der Waals surface area contributed by atoms with Crippen molar-refractivity contribution in [3.05, 3.63) is 96.3 Å². The molecule has 2 amide bonds. The van der Waals surface area contributed by atoms with Crippen LogP contribution in [-0.4, -0.2) is 31.8 Å². The maximum atomic E-state index is 14.5. The summed E-state index contributed by atoms with van der Waals surface area (Å²) in [5.41, 5.74) is 2.63. The molecule has 1 saturated heterocycles. The van der Waals surface area contributed by atoms with Gasteiger partial charge in [-0.2, -0.15) is 4.31 Å². The molecule has 0 unspecified atom stereocenters. The summed E-state index contributed by atoms with van der Waals surface area (Å²) in [7, 11) is -3.53. The maximum Gasteiger partial charge on any atom is 0.319 e. The topological polar surface area (TPSA) is 78.5 Å². The first-order valence-corrected chi connectivity index (χ1v) is 13.8. The highest BCUT2D eigenvalue weighted by atomic mass is 32.2. The van der Waals surface area contributed by atoms with E-state index >= 15 is 0 Å². The maximum absolute atomic E-state index is 14.5. The first-order chi connectivity index (χ1) is 17.9. The van der Waals surface area contributed by atoms with Gasteiger partial charge in [-0.15, -0.1) is 0 Å². The molecule has 0 aliphatic carbocycles. The van der Waals surface area contributed by atoms with Gasteiger partial charge < -0.3 is 10.6 Å². The van der Waals surface area contributed by atoms with Crippen molar-refractivity contribution in [1.82, 2.24) is 9.62 Å². The summed E-state index contributed by atoms with van der Waals surface area (Å²) in [5.74, 6) is -0.405. The number of halogens is 1. The third kappa shape index (κ3) is 5.65. The van der Waals surface area contributed by atoms with Crippen molar-refractivity contribution in [2.45, 2.75) is 30.7 Å². The van der Waals surface area contributed by atoms with E-state index in [4.69, 9.17) is 0 Å². The van der Waals surface area contributed by atoms with Gasteiger partial charge in [0.25, 0.3) is 0 Å². The monoisotopic (exact) mass is 517 g/mol. The van der Waals surface area contributed by atoms with E-state index in [0.29, 0.717) is 24.3 Å². The number of urea groups is 1. The number of hydrogen-bond donors (Lipinski definition) is 2. The number of anilines is 1. The van der Waals surface area contributed by atoms with Gasteiger partial charge in [0.1, 0.15) is 5.82 Å². The molecular weight excluding hydrogens is 489 g/mol. The van der Waals surface area contributed by atoms with Crippen LogP contribution < -0.4 is 10.6 Å². The molecule has 1 aliphatic rings. The highest BCUT2D eigenvalue weighted by Gasteiger charge is 2.25. The molecule has 0 atom stereocenters. The van der Waals surface area contributed by atoms with Crippen LogP contribution in [0.4, 0.5) is 14.9 Å². The molecule has 0 radical (unpaired) electrons. The number of piperidine rings is 1. The Hall–Kier alpha value is -3.75. The van der Waals surface area contributed by atoms with Gasteiger partial charge in [-0.25, -0.2) is 17.6 Å². The molecule has 5 rings (SSSR count). The average molecular weight is 518 g/mol. The summed E-state index contributed by atoms with van der Waals surface area (Å²) in [4.78, 5) is 12.7. The molecule has 8 heteroatoms. The molecule has 0 spiro atoms. The summed E-state index contributed by atoms with van der Waals surface area (Å²) in [6, 6.07) is 24.6. The number of carbonyl (C=O) groups excluding carboxylic acids is 1. The van der Waals surface area contributed by atoms with E-state index in [1.165, 1.54) is 22.5 Å². The van der Waals surface area contributed by atoms with E-state index in [9.17, 15) is 17.6 Å². The molecule has 6 nitrogen and oxygen atoms in total. The van der Waals surface area contributed by atoms with E-state index in [1.807, 2.05) is 36.4 Å². The van der Waals surface area contributed by atoms with Crippen molar-refractivity contribution in [2.24, 2.45) is 0 Å². The number of nitrogens with zero attached hydrogens (tertiary/aromatic N) is 1. The minimum atomic E-state index is -3.53. The summed E-state index contributed by atoms with van der Waals surface area (Å²) in [5, 5.41) is 7.58. The molecular formula is C29H28FN3O3S. The lowest BCUT2D eigenvalue weighted by Gasteiger charge is -2.25. The molecule has 37 heavy (non-hydrogen) atoms. The smallest absolute Gasteiger partial charge is 0.319 e. The Kier molecular flexibility index (Phi) is 7.21.